The lowest BCUT2D eigenvalue weighted by atomic mass is 10.0. The molecule has 0 saturated carbocycles. The van der Waals surface area contributed by atoms with E-state index < -0.39 is 53.0 Å². The Labute approximate surface area is 413 Å². The lowest BCUT2D eigenvalue weighted by Gasteiger charge is -2.23. The van der Waals surface area contributed by atoms with Gasteiger partial charge in [-0.25, -0.2) is 14.5 Å². The topological polar surface area (TPSA) is 346 Å². The fraction of sp³-hybridized carbons (Fsp3) is 0.476. The molecule has 1 aliphatic heterocycles. The molecule has 28 heteroatoms. The van der Waals surface area contributed by atoms with Gasteiger partial charge >= 0.3 is 5.97 Å². The molecule has 0 spiro atoms. The van der Waals surface area contributed by atoms with Crippen LogP contribution in [0.1, 0.15) is 63.3 Å². The summed E-state index contributed by atoms with van der Waals surface area (Å²) < 4.78 is 19.2. The van der Waals surface area contributed by atoms with Crippen molar-refractivity contribution in [3.05, 3.63) is 70.4 Å². The number of fused-ring (bicyclic) bond motifs is 1. The minimum Gasteiger partial charge on any atom is -0.492 e. The van der Waals surface area contributed by atoms with Gasteiger partial charge in [0.2, 0.25) is 35.4 Å². The second-order valence-electron chi connectivity index (χ2n) is 15.8. The maximum Gasteiger partial charge on any atom is 0.326 e. The number of nitrogens with zero attached hydrogens (tertiary/aromatic N) is 8. The zero-order valence-electron chi connectivity index (χ0n) is 38.3. The number of likely N-dealkylation sites (tertiary alicyclic amines) is 1. The van der Waals surface area contributed by atoms with Gasteiger partial charge in [-0.1, -0.05) is 36.3 Å². The predicted octanol–water partition coefficient (Wildman–Crippen LogP) is 2.76. The predicted molar refractivity (Wildman–Crippen MR) is 254 cm³/mol. The zero-order valence-corrected chi connectivity index (χ0v) is 40.8. The molecule has 25 nitrogen and oxygen atoms in total. The molecule has 1 saturated heterocycles. The molecular formula is C42H53N13O12S3. The molecule has 3 heterocycles. The molecule has 1 aliphatic rings. The minimum absolute atomic E-state index is 0.0324. The first kappa shape index (κ1) is 54.4. The average molecular weight is 1030 g/mol. The van der Waals surface area contributed by atoms with E-state index in [-0.39, 0.29) is 82.8 Å². The van der Waals surface area contributed by atoms with Crippen LogP contribution in [0.15, 0.2) is 58.1 Å². The summed E-state index contributed by atoms with van der Waals surface area (Å²) in [5, 5.41) is 31.8. The largest absolute Gasteiger partial charge is 0.492 e. The van der Waals surface area contributed by atoms with E-state index in [1.807, 2.05) is 0 Å². The number of imide groups is 1. The quantitative estimate of drug-likeness (QED) is 0.00639. The van der Waals surface area contributed by atoms with Gasteiger partial charge in [0.1, 0.15) is 67.1 Å². The van der Waals surface area contributed by atoms with Gasteiger partial charge in [-0.2, -0.15) is 17.7 Å². The van der Waals surface area contributed by atoms with Crippen LogP contribution in [-0.4, -0.2) is 128 Å². The van der Waals surface area contributed by atoms with E-state index in [1.165, 1.54) is 27.8 Å². The Morgan fingerprint density at radius 1 is 1.00 bits per heavy atom. The van der Waals surface area contributed by atoms with Crippen molar-refractivity contribution >= 4 is 86.8 Å². The molecule has 6 amide bonds. The van der Waals surface area contributed by atoms with Gasteiger partial charge in [0.25, 0.3) is 0 Å². The smallest absolute Gasteiger partial charge is 0.326 e. The van der Waals surface area contributed by atoms with Crippen molar-refractivity contribution in [2.24, 2.45) is 16.9 Å². The van der Waals surface area contributed by atoms with Crippen LogP contribution in [0.2, 0.25) is 0 Å². The number of thioether (sulfide) groups is 1. The monoisotopic (exact) mass is 1030 g/mol. The molecule has 1 fully saturated rings. The summed E-state index contributed by atoms with van der Waals surface area (Å²) >= 11 is 3.49. The standard InChI is InChI=1S/C42H53N13O12S3/c1-24(2)37(55-22-26(51-53-55)23-65-28-11-12-29-32(19-28)69-42(50-29)70-67-66-44)39(60)49-31(41(62)63)18-25-7-9-27(10-8-25)64-17-15-46-38(59)30(6-4-5-14-45-35(57)21-47-52-43)48-34(56)13-16-54-36(58)20-33(68-3)40(54)61/h7-12,19,22,24,30-31,33,37H,4-6,13-18,20-21,23,44H2,1-3H3,(H,45,57)(H,46,59)(H,48,56)(H,49,60)(H,62,63)/t30-,31-,33?,37-/m0/s1. The van der Waals surface area contributed by atoms with Crippen LogP contribution in [0.4, 0.5) is 0 Å². The maximum atomic E-state index is 13.6. The number of thiazole rings is 1. The molecule has 5 rings (SSSR count). The molecule has 7 N–H and O–H groups in total. The van der Waals surface area contributed by atoms with E-state index in [2.05, 4.69) is 55.9 Å². The highest BCUT2D eigenvalue weighted by Gasteiger charge is 2.38. The molecule has 4 aromatic rings. The number of azide groups is 1. The lowest BCUT2D eigenvalue weighted by molar-refractivity contribution is -0.195. The second kappa shape index (κ2) is 27.6. The fourth-order valence-electron chi connectivity index (χ4n) is 7.01. The number of unbranched alkanes of at least 4 members (excludes halogenated alkanes) is 1. The van der Waals surface area contributed by atoms with Crippen LogP contribution < -0.4 is 36.6 Å². The first-order valence-corrected chi connectivity index (χ1v) is 24.6. The highest BCUT2D eigenvalue weighted by molar-refractivity contribution is 8.00. The number of amides is 6. The summed E-state index contributed by atoms with van der Waals surface area (Å²) in [5.74, 6) is 1.55. The van der Waals surface area contributed by atoms with Crippen molar-refractivity contribution in [1.29, 1.82) is 0 Å². The third-order valence-electron chi connectivity index (χ3n) is 10.5. The fourth-order valence-corrected chi connectivity index (χ4v) is 9.10. The van der Waals surface area contributed by atoms with E-state index in [4.69, 9.17) is 20.9 Å². The number of aliphatic carboxylic acids is 1. The molecule has 0 bridgehead atoms. The Bertz CT molecular complexity index is 2500. The summed E-state index contributed by atoms with van der Waals surface area (Å²) in [6.07, 6.45) is 4.20. The number of hydrogen-bond acceptors (Lipinski definition) is 19. The highest BCUT2D eigenvalue weighted by atomic mass is 32.2. The summed E-state index contributed by atoms with van der Waals surface area (Å²) in [6, 6.07) is 8.75. The molecule has 70 heavy (non-hydrogen) atoms. The maximum absolute atomic E-state index is 13.6. The number of ether oxygens (including phenoxy) is 2. The number of carboxylic acid groups (broad SMARTS) is 1. The van der Waals surface area contributed by atoms with E-state index in [9.17, 15) is 38.7 Å². The number of benzene rings is 2. The second-order valence-corrected chi connectivity index (χ2v) is 18.8. The normalized spacial score (nSPS) is 14.7. The van der Waals surface area contributed by atoms with Crippen LogP contribution in [0.5, 0.6) is 11.5 Å². The number of carbonyl (C=O) groups excluding carboxylic acids is 6. The Kier molecular flexibility index (Phi) is 21.4. The summed E-state index contributed by atoms with van der Waals surface area (Å²) in [7, 11) is 0. The van der Waals surface area contributed by atoms with Crippen LogP contribution in [0.3, 0.4) is 0 Å². The molecule has 376 valence electrons. The van der Waals surface area contributed by atoms with E-state index in [1.54, 1.807) is 68.8 Å². The van der Waals surface area contributed by atoms with Gasteiger partial charge < -0.3 is 35.8 Å². The van der Waals surface area contributed by atoms with Gasteiger partial charge in [-0.15, -0.1) is 25.8 Å². The van der Waals surface area contributed by atoms with Crippen molar-refractivity contribution in [2.45, 2.75) is 86.7 Å². The average Bonchev–Trinajstić information content (AvgIpc) is 4.05. The van der Waals surface area contributed by atoms with Gasteiger partial charge in [-0.3, -0.25) is 33.7 Å². The van der Waals surface area contributed by atoms with Crippen molar-refractivity contribution < 1.29 is 57.5 Å². The molecule has 1 unspecified atom stereocenters. The molecule has 2 aromatic carbocycles. The van der Waals surface area contributed by atoms with Crippen LogP contribution in [0.25, 0.3) is 20.7 Å². The SMILES string of the molecule is CSC1CC(=O)N(CCC(=O)N[C@@H](CCCCNC(=O)CN=[N+]=[N-])C(=O)NCCOc2ccc(C[C@H](NC(=O)[C@H](C(C)C)n3cc(COc4ccc5nc(SOON)sc5c4)nn3)C(=O)O)cc2)C1=O. The number of aromatic nitrogens is 4. The molecular weight excluding hydrogens is 975 g/mol. The van der Waals surface area contributed by atoms with Gasteiger partial charge in [0.05, 0.1) is 28.2 Å². The molecule has 4 atom stereocenters. The van der Waals surface area contributed by atoms with Gasteiger partial charge in [-0.05, 0) is 72.9 Å². The molecule has 2 aromatic heterocycles. The van der Waals surface area contributed by atoms with Crippen molar-refractivity contribution in [1.82, 2.24) is 46.1 Å². The van der Waals surface area contributed by atoms with Gasteiger partial charge in [0, 0.05) is 37.3 Å². The third kappa shape index (κ3) is 16.6. The molecule has 0 radical (unpaired) electrons. The first-order chi connectivity index (χ1) is 33.7. The highest BCUT2D eigenvalue weighted by Crippen LogP contribution is 2.32. The number of nitrogens with two attached hydrogens (primary N) is 1. The molecule has 0 aliphatic carbocycles. The van der Waals surface area contributed by atoms with Crippen molar-refractivity contribution in [2.75, 3.05) is 39.0 Å². The summed E-state index contributed by atoms with van der Waals surface area (Å²) in [6.45, 7) is 3.51. The van der Waals surface area contributed by atoms with Gasteiger partial charge in [0.15, 0.2) is 4.34 Å². The number of nitrogens with one attached hydrogen (secondary N) is 4. The van der Waals surface area contributed by atoms with E-state index in [0.29, 0.717) is 39.9 Å². The summed E-state index contributed by atoms with van der Waals surface area (Å²) in [4.78, 5) is 101. The Morgan fingerprint density at radius 3 is 2.47 bits per heavy atom. The van der Waals surface area contributed by atoms with Crippen LogP contribution >= 0.6 is 35.1 Å². The van der Waals surface area contributed by atoms with E-state index >= 15 is 0 Å². The Balaban J connectivity index is 1.09. The third-order valence-corrected chi connectivity index (χ3v) is 13.1. The van der Waals surface area contributed by atoms with Crippen molar-refractivity contribution in [3.8, 4) is 11.5 Å². The summed E-state index contributed by atoms with van der Waals surface area (Å²) in [5.41, 5.74) is 10.2. The Hall–Kier alpha value is -6.55. The lowest BCUT2D eigenvalue weighted by Crippen LogP contribution is -2.48. The minimum atomic E-state index is -1.29. The Morgan fingerprint density at radius 2 is 1.77 bits per heavy atom. The zero-order chi connectivity index (χ0) is 50.6. The van der Waals surface area contributed by atoms with Crippen LogP contribution in [-0.2, 0) is 55.9 Å². The number of hydrogen-bond donors (Lipinski definition) is 6. The van der Waals surface area contributed by atoms with Crippen molar-refractivity contribution in [3.63, 3.8) is 0 Å². The first-order valence-electron chi connectivity index (χ1n) is 21.8. The number of carbonyl (C=O) groups is 7. The van der Waals surface area contributed by atoms with E-state index in [0.717, 1.165) is 27.2 Å². The number of carboxylic acids is 1. The number of rotatable bonds is 30. The van der Waals surface area contributed by atoms with Crippen LogP contribution in [0, 0.1) is 5.92 Å².